The van der Waals surface area contributed by atoms with Crippen molar-refractivity contribution in [2.24, 2.45) is 0 Å². The molecular weight excluding hydrogens is 384 g/mol. The number of ether oxygens (including phenoxy) is 1. The first kappa shape index (κ1) is 17.4. The van der Waals surface area contributed by atoms with E-state index < -0.39 is 0 Å². The molecule has 1 N–H and O–H groups in total. The van der Waals surface area contributed by atoms with E-state index in [1.165, 1.54) is 18.7 Å². The Morgan fingerprint density at radius 2 is 1.96 bits per heavy atom. The molecule has 1 fully saturated rings. The van der Waals surface area contributed by atoms with Crippen LogP contribution in [-0.4, -0.2) is 28.0 Å². The topological polar surface area (TPSA) is 87.9 Å². The SMILES string of the molecule is N#Cc1ccc(OC2CCC(NC(=O)c3cncnc3)CC2)cc1Br. The fourth-order valence-electron chi connectivity index (χ4n) is 2.86. The van der Waals surface area contributed by atoms with Gasteiger partial charge in [0.15, 0.2) is 0 Å². The van der Waals surface area contributed by atoms with Crippen LogP contribution in [0.4, 0.5) is 0 Å². The van der Waals surface area contributed by atoms with E-state index in [1.807, 2.05) is 12.1 Å². The predicted octanol–water partition coefficient (Wildman–Crippen LogP) is 3.23. The minimum absolute atomic E-state index is 0.119. The molecule has 128 valence electrons. The van der Waals surface area contributed by atoms with Gasteiger partial charge in [-0.15, -0.1) is 0 Å². The van der Waals surface area contributed by atoms with E-state index in [0.29, 0.717) is 11.1 Å². The van der Waals surface area contributed by atoms with Gasteiger partial charge in [-0.05, 0) is 59.8 Å². The molecule has 6 nitrogen and oxygen atoms in total. The lowest BCUT2D eigenvalue weighted by Crippen LogP contribution is -2.39. The third kappa shape index (κ3) is 4.54. The molecule has 0 atom stereocenters. The number of aromatic nitrogens is 2. The summed E-state index contributed by atoms with van der Waals surface area (Å²) >= 11 is 3.37. The number of benzene rings is 1. The van der Waals surface area contributed by atoms with Crippen LogP contribution in [0.3, 0.4) is 0 Å². The first-order valence-corrected chi connectivity index (χ1v) is 8.87. The standard InChI is InChI=1S/C18H17BrN4O2/c19-17-7-16(4-1-12(17)8-20)25-15-5-2-14(3-6-15)23-18(24)13-9-21-11-22-10-13/h1,4,7,9-11,14-15H,2-3,5-6H2,(H,23,24). The molecular formula is C18H17BrN4O2. The van der Waals surface area contributed by atoms with Crippen molar-refractivity contribution in [1.29, 1.82) is 5.26 Å². The van der Waals surface area contributed by atoms with Gasteiger partial charge in [0, 0.05) is 22.9 Å². The number of hydrogen-bond donors (Lipinski definition) is 1. The fourth-order valence-corrected chi connectivity index (χ4v) is 3.31. The van der Waals surface area contributed by atoms with Crippen LogP contribution in [0, 0.1) is 11.3 Å². The first-order chi connectivity index (χ1) is 12.2. The average molecular weight is 401 g/mol. The number of amides is 1. The maximum atomic E-state index is 12.1. The van der Waals surface area contributed by atoms with Crippen molar-refractivity contribution in [1.82, 2.24) is 15.3 Å². The summed E-state index contributed by atoms with van der Waals surface area (Å²) in [6, 6.07) is 7.63. The van der Waals surface area contributed by atoms with Gasteiger partial charge in [0.25, 0.3) is 5.91 Å². The molecule has 0 spiro atoms. The second-order valence-electron chi connectivity index (χ2n) is 5.95. The Balaban J connectivity index is 1.50. The third-order valence-corrected chi connectivity index (χ3v) is 4.85. The van der Waals surface area contributed by atoms with Crippen LogP contribution in [0.2, 0.25) is 0 Å². The van der Waals surface area contributed by atoms with Crippen molar-refractivity contribution < 1.29 is 9.53 Å². The number of nitriles is 1. The van der Waals surface area contributed by atoms with Crippen molar-refractivity contribution >= 4 is 21.8 Å². The number of carbonyl (C=O) groups excluding carboxylic acids is 1. The fraction of sp³-hybridized carbons (Fsp3) is 0.333. The molecule has 0 bridgehead atoms. The zero-order chi connectivity index (χ0) is 17.6. The summed E-state index contributed by atoms with van der Waals surface area (Å²) in [5, 5.41) is 12.0. The lowest BCUT2D eigenvalue weighted by Gasteiger charge is -2.29. The number of nitrogens with zero attached hydrogens (tertiary/aromatic N) is 3. The smallest absolute Gasteiger partial charge is 0.254 e. The van der Waals surface area contributed by atoms with Crippen molar-refractivity contribution in [3.63, 3.8) is 0 Å². The summed E-state index contributed by atoms with van der Waals surface area (Å²) in [4.78, 5) is 19.9. The second-order valence-corrected chi connectivity index (χ2v) is 6.80. The quantitative estimate of drug-likeness (QED) is 0.850. The lowest BCUT2D eigenvalue weighted by molar-refractivity contribution is 0.0893. The number of halogens is 1. The number of carbonyl (C=O) groups is 1. The van der Waals surface area contributed by atoms with E-state index in [2.05, 4.69) is 37.3 Å². The highest BCUT2D eigenvalue weighted by Gasteiger charge is 2.24. The first-order valence-electron chi connectivity index (χ1n) is 8.08. The normalized spacial score (nSPS) is 19.7. The Morgan fingerprint density at radius 1 is 1.24 bits per heavy atom. The van der Waals surface area contributed by atoms with Gasteiger partial charge in [0.05, 0.1) is 17.2 Å². The maximum Gasteiger partial charge on any atom is 0.254 e. The van der Waals surface area contributed by atoms with Crippen LogP contribution in [-0.2, 0) is 0 Å². The second kappa shape index (κ2) is 8.08. The zero-order valence-corrected chi connectivity index (χ0v) is 15.1. The molecule has 1 aromatic carbocycles. The Morgan fingerprint density at radius 3 is 2.60 bits per heavy atom. The predicted molar refractivity (Wildman–Crippen MR) is 95.0 cm³/mol. The summed E-state index contributed by atoms with van der Waals surface area (Å²) in [5.41, 5.74) is 1.06. The molecule has 1 aliphatic carbocycles. The Hall–Kier alpha value is -2.46. The zero-order valence-electron chi connectivity index (χ0n) is 13.5. The van der Waals surface area contributed by atoms with E-state index in [0.717, 1.165) is 35.9 Å². The van der Waals surface area contributed by atoms with Gasteiger partial charge in [-0.1, -0.05) is 0 Å². The van der Waals surface area contributed by atoms with E-state index in [4.69, 9.17) is 10.00 Å². The summed E-state index contributed by atoms with van der Waals surface area (Å²) in [5.74, 6) is 0.612. The minimum atomic E-state index is -0.138. The van der Waals surface area contributed by atoms with Crippen LogP contribution in [0.25, 0.3) is 0 Å². The van der Waals surface area contributed by atoms with Gasteiger partial charge < -0.3 is 10.1 Å². The Bertz CT molecular complexity index is 783. The van der Waals surface area contributed by atoms with Crippen LogP contribution in [0.1, 0.15) is 41.6 Å². The van der Waals surface area contributed by atoms with Gasteiger partial charge >= 0.3 is 0 Å². The molecule has 1 amide bonds. The molecule has 0 unspecified atom stereocenters. The monoisotopic (exact) mass is 400 g/mol. The summed E-state index contributed by atoms with van der Waals surface area (Å²) in [6.45, 7) is 0. The molecule has 0 saturated heterocycles. The van der Waals surface area contributed by atoms with Crippen molar-refractivity contribution in [3.05, 3.63) is 52.5 Å². The Kier molecular flexibility index (Phi) is 5.61. The molecule has 25 heavy (non-hydrogen) atoms. The van der Waals surface area contributed by atoms with Crippen LogP contribution in [0.5, 0.6) is 5.75 Å². The van der Waals surface area contributed by atoms with Crippen LogP contribution >= 0.6 is 15.9 Å². The molecule has 1 heterocycles. The molecule has 0 aliphatic heterocycles. The van der Waals surface area contributed by atoms with Crippen LogP contribution in [0.15, 0.2) is 41.4 Å². The number of hydrogen-bond acceptors (Lipinski definition) is 5. The van der Waals surface area contributed by atoms with Crippen LogP contribution < -0.4 is 10.1 Å². The molecule has 3 rings (SSSR count). The molecule has 7 heteroatoms. The molecule has 1 saturated carbocycles. The van der Waals surface area contributed by atoms with Gasteiger partial charge in [0.1, 0.15) is 18.1 Å². The Labute approximate surface area is 154 Å². The van der Waals surface area contributed by atoms with Gasteiger partial charge in [-0.3, -0.25) is 4.79 Å². The van der Waals surface area contributed by atoms with E-state index in [9.17, 15) is 4.79 Å². The highest BCUT2D eigenvalue weighted by molar-refractivity contribution is 9.10. The third-order valence-electron chi connectivity index (χ3n) is 4.20. The van der Waals surface area contributed by atoms with E-state index in [-0.39, 0.29) is 18.1 Å². The highest BCUT2D eigenvalue weighted by atomic mass is 79.9. The summed E-state index contributed by atoms with van der Waals surface area (Å²) in [6.07, 6.45) is 8.01. The lowest BCUT2D eigenvalue weighted by atomic mass is 9.92. The largest absolute Gasteiger partial charge is 0.490 e. The minimum Gasteiger partial charge on any atom is -0.490 e. The summed E-state index contributed by atoms with van der Waals surface area (Å²) in [7, 11) is 0. The van der Waals surface area contributed by atoms with Gasteiger partial charge in [-0.2, -0.15) is 5.26 Å². The van der Waals surface area contributed by atoms with Crippen molar-refractivity contribution in [2.45, 2.75) is 37.8 Å². The van der Waals surface area contributed by atoms with Gasteiger partial charge in [-0.25, -0.2) is 9.97 Å². The van der Waals surface area contributed by atoms with E-state index >= 15 is 0 Å². The molecule has 2 aromatic rings. The van der Waals surface area contributed by atoms with E-state index in [1.54, 1.807) is 6.07 Å². The molecule has 0 radical (unpaired) electrons. The average Bonchev–Trinajstić information content (AvgIpc) is 2.64. The van der Waals surface area contributed by atoms with Crippen molar-refractivity contribution in [3.8, 4) is 11.8 Å². The number of nitrogens with one attached hydrogen (secondary N) is 1. The molecule has 1 aliphatic rings. The highest BCUT2D eigenvalue weighted by Crippen LogP contribution is 2.27. The summed E-state index contributed by atoms with van der Waals surface area (Å²) < 4.78 is 6.74. The van der Waals surface area contributed by atoms with Gasteiger partial charge in [0.2, 0.25) is 0 Å². The number of rotatable bonds is 4. The van der Waals surface area contributed by atoms with Crippen molar-refractivity contribution in [2.75, 3.05) is 0 Å². The maximum absolute atomic E-state index is 12.1. The molecule has 1 aromatic heterocycles.